The second-order valence-corrected chi connectivity index (χ2v) is 6.30. The van der Waals surface area contributed by atoms with Crippen molar-refractivity contribution >= 4 is 36.4 Å². The largest absolute Gasteiger partial charge is 0.369 e. The zero-order valence-corrected chi connectivity index (χ0v) is 15.6. The first-order valence-corrected chi connectivity index (χ1v) is 8.28. The van der Waals surface area contributed by atoms with Gasteiger partial charge in [0.15, 0.2) is 0 Å². The first-order chi connectivity index (χ1) is 10.7. The van der Waals surface area contributed by atoms with E-state index in [1.165, 1.54) is 5.69 Å². The number of nitrogens with two attached hydrogens (primary N) is 1. The third-order valence-corrected chi connectivity index (χ3v) is 4.71. The second kappa shape index (κ2) is 10.1. The Labute approximate surface area is 157 Å². The van der Waals surface area contributed by atoms with E-state index in [0.717, 1.165) is 52.2 Å². The van der Waals surface area contributed by atoms with Crippen LogP contribution in [0, 0.1) is 0 Å². The summed E-state index contributed by atoms with van der Waals surface area (Å²) in [6.07, 6.45) is 1.57. The number of amides is 1. The molecule has 0 aliphatic carbocycles. The van der Waals surface area contributed by atoms with Crippen LogP contribution >= 0.6 is 24.8 Å². The Morgan fingerprint density at radius 2 is 1.71 bits per heavy atom. The molecule has 2 aliphatic heterocycles. The van der Waals surface area contributed by atoms with Crippen LogP contribution in [0.4, 0.5) is 5.69 Å². The number of carbonyl (C=O) groups excluding carboxylic acids is 1. The third-order valence-electron chi connectivity index (χ3n) is 4.71. The van der Waals surface area contributed by atoms with Crippen molar-refractivity contribution in [3.63, 3.8) is 0 Å². The number of piperazine rings is 1. The van der Waals surface area contributed by atoms with Crippen molar-refractivity contribution in [1.82, 2.24) is 9.80 Å². The van der Waals surface area contributed by atoms with Crippen molar-refractivity contribution in [3.8, 4) is 0 Å². The summed E-state index contributed by atoms with van der Waals surface area (Å²) in [6, 6.07) is 10.7. The van der Waals surface area contributed by atoms with Crippen LogP contribution in [0.15, 0.2) is 30.3 Å². The summed E-state index contributed by atoms with van der Waals surface area (Å²) in [6.45, 7) is 6.57. The number of hydrogen-bond donors (Lipinski definition) is 1. The highest BCUT2D eigenvalue weighted by Gasteiger charge is 2.24. The fourth-order valence-electron chi connectivity index (χ4n) is 3.29. The van der Waals surface area contributed by atoms with Gasteiger partial charge >= 0.3 is 0 Å². The molecule has 2 heterocycles. The average molecular weight is 375 g/mol. The van der Waals surface area contributed by atoms with Crippen LogP contribution in [-0.4, -0.2) is 67.6 Å². The predicted octanol–water partition coefficient (Wildman–Crippen LogP) is 1.60. The molecule has 7 heteroatoms. The van der Waals surface area contributed by atoms with E-state index in [-0.39, 0.29) is 36.8 Å². The molecule has 0 radical (unpaired) electrons. The molecule has 1 aromatic carbocycles. The molecular weight excluding hydrogens is 347 g/mol. The number of likely N-dealkylation sites (tertiary alicyclic amines) is 1. The second-order valence-electron chi connectivity index (χ2n) is 6.30. The molecule has 2 fully saturated rings. The normalized spacial score (nSPS) is 21.1. The quantitative estimate of drug-likeness (QED) is 0.869. The lowest BCUT2D eigenvalue weighted by atomic mass is 10.2. The maximum Gasteiger partial charge on any atom is 0.223 e. The Morgan fingerprint density at radius 3 is 2.29 bits per heavy atom. The summed E-state index contributed by atoms with van der Waals surface area (Å²) in [7, 11) is 0. The van der Waals surface area contributed by atoms with Gasteiger partial charge in [0, 0.05) is 64.0 Å². The highest BCUT2D eigenvalue weighted by atomic mass is 35.5. The molecule has 3 rings (SSSR count). The van der Waals surface area contributed by atoms with Gasteiger partial charge in [-0.3, -0.25) is 9.69 Å². The first kappa shape index (κ1) is 21.0. The minimum atomic E-state index is 0. The summed E-state index contributed by atoms with van der Waals surface area (Å²) < 4.78 is 0. The van der Waals surface area contributed by atoms with Gasteiger partial charge in [-0.15, -0.1) is 24.8 Å². The molecule has 0 spiro atoms. The summed E-state index contributed by atoms with van der Waals surface area (Å²) in [5.41, 5.74) is 7.16. The number of anilines is 1. The van der Waals surface area contributed by atoms with Crippen molar-refractivity contribution in [2.75, 3.05) is 50.7 Å². The highest BCUT2D eigenvalue weighted by Crippen LogP contribution is 2.16. The number of hydrogen-bond acceptors (Lipinski definition) is 4. The summed E-state index contributed by atoms with van der Waals surface area (Å²) >= 11 is 0. The van der Waals surface area contributed by atoms with Gasteiger partial charge in [-0.05, 0) is 18.6 Å². The van der Waals surface area contributed by atoms with E-state index >= 15 is 0 Å². The number of rotatable bonds is 4. The number of para-hydroxylation sites is 1. The molecule has 24 heavy (non-hydrogen) atoms. The molecule has 0 aromatic heterocycles. The van der Waals surface area contributed by atoms with Gasteiger partial charge in [0.05, 0.1) is 0 Å². The zero-order valence-electron chi connectivity index (χ0n) is 14.0. The number of carbonyl (C=O) groups is 1. The van der Waals surface area contributed by atoms with Gasteiger partial charge in [0.1, 0.15) is 0 Å². The lowest BCUT2D eigenvalue weighted by Crippen LogP contribution is -2.47. The fraction of sp³-hybridized carbons (Fsp3) is 0.588. The minimum Gasteiger partial charge on any atom is -0.369 e. The first-order valence-electron chi connectivity index (χ1n) is 8.28. The minimum absolute atomic E-state index is 0. The number of benzene rings is 1. The van der Waals surface area contributed by atoms with Gasteiger partial charge in [0.2, 0.25) is 5.91 Å². The van der Waals surface area contributed by atoms with Crippen LogP contribution in [0.3, 0.4) is 0 Å². The monoisotopic (exact) mass is 374 g/mol. The lowest BCUT2D eigenvalue weighted by molar-refractivity contribution is -0.130. The van der Waals surface area contributed by atoms with E-state index < -0.39 is 0 Å². The predicted molar refractivity (Wildman–Crippen MR) is 103 cm³/mol. The zero-order chi connectivity index (χ0) is 15.4. The summed E-state index contributed by atoms with van der Waals surface area (Å²) in [5, 5.41) is 0. The van der Waals surface area contributed by atoms with Crippen LogP contribution in [0.1, 0.15) is 12.8 Å². The summed E-state index contributed by atoms with van der Waals surface area (Å²) in [4.78, 5) is 18.9. The lowest BCUT2D eigenvalue weighted by Gasteiger charge is -2.36. The summed E-state index contributed by atoms with van der Waals surface area (Å²) in [5.74, 6) is 0.262. The molecule has 1 aromatic rings. The number of nitrogens with zero attached hydrogens (tertiary/aromatic N) is 3. The van der Waals surface area contributed by atoms with Crippen LogP contribution in [0.5, 0.6) is 0 Å². The molecule has 2 N–H and O–H groups in total. The Bertz CT molecular complexity index is 495. The molecular formula is C17H28Cl2N4O. The van der Waals surface area contributed by atoms with E-state index in [2.05, 4.69) is 40.1 Å². The molecule has 5 nitrogen and oxygen atoms in total. The Morgan fingerprint density at radius 1 is 1.04 bits per heavy atom. The van der Waals surface area contributed by atoms with Gasteiger partial charge in [-0.25, -0.2) is 0 Å². The van der Waals surface area contributed by atoms with Crippen molar-refractivity contribution in [3.05, 3.63) is 30.3 Å². The van der Waals surface area contributed by atoms with Crippen LogP contribution in [0.2, 0.25) is 0 Å². The molecule has 0 bridgehead atoms. The molecule has 2 saturated heterocycles. The number of halogens is 2. The molecule has 2 aliphatic rings. The average Bonchev–Trinajstić information content (AvgIpc) is 3.00. The van der Waals surface area contributed by atoms with Crippen molar-refractivity contribution in [1.29, 1.82) is 0 Å². The maximum absolute atomic E-state index is 12.2. The van der Waals surface area contributed by atoms with E-state index in [1.807, 2.05) is 4.90 Å². The Hall–Kier alpha value is -1.01. The standard InChI is InChI=1S/C17H26N4O.2ClH/c18-15-6-9-21(14-15)17(22)7-8-19-10-12-20(13-11-19)16-4-2-1-3-5-16;;/h1-5,15H,6-14,18H2;2*1H/t15-;;/m1../s1. The van der Waals surface area contributed by atoms with Crippen molar-refractivity contribution in [2.45, 2.75) is 18.9 Å². The van der Waals surface area contributed by atoms with E-state index in [4.69, 9.17) is 5.73 Å². The van der Waals surface area contributed by atoms with E-state index in [9.17, 15) is 4.79 Å². The van der Waals surface area contributed by atoms with E-state index in [0.29, 0.717) is 6.42 Å². The maximum atomic E-state index is 12.2. The smallest absolute Gasteiger partial charge is 0.223 e. The molecule has 1 amide bonds. The topological polar surface area (TPSA) is 52.8 Å². The fourth-order valence-corrected chi connectivity index (χ4v) is 3.29. The molecule has 136 valence electrons. The molecule has 0 unspecified atom stereocenters. The van der Waals surface area contributed by atoms with Gasteiger partial charge in [-0.1, -0.05) is 18.2 Å². The van der Waals surface area contributed by atoms with Crippen molar-refractivity contribution in [2.24, 2.45) is 5.73 Å². The van der Waals surface area contributed by atoms with Gasteiger partial charge < -0.3 is 15.5 Å². The van der Waals surface area contributed by atoms with Crippen molar-refractivity contribution < 1.29 is 4.79 Å². The Balaban J connectivity index is 0.00000144. The Kier molecular flexibility index (Phi) is 8.84. The van der Waals surface area contributed by atoms with Crippen LogP contribution in [0.25, 0.3) is 0 Å². The van der Waals surface area contributed by atoms with Gasteiger partial charge in [-0.2, -0.15) is 0 Å². The van der Waals surface area contributed by atoms with E-state index in [1.54, 1.807) is 0 Å². The third kappa shape index (κ3) is 5.52. The highest BCUT2D eigenvalue weighted by molar-refractivity contribution is 5.85. The van der Waals surface area contributed by atoms with Crippen LogP contribution < -0.4 is 10.6 Å². The molecule has 1 atom stereocenters. The van der Waals surface area contributed by atoms with Gasteiger partial charge in [0.25, 0.3) is 0 Å². The van der Waals surface area contributed by atoms with Crippen LogP contribution in [-0.2, 0) is 4.79 Å². The SMILES string of the molecule is Cl.Cl.N[C@@H]1CCN(C(=O)CCN2CCN(c3ccccc3)CC2)C1. The molecule has 0 saturated carbocycles.